The second kappa shape index (κ2) is 4.97. The van der Waals surface area contributed by atoms with Gasteiger partial charge >= 0.3 is 0 Å². The number of benzene rings is 1. The number of halogens is 1. The Morgan fingerprint density at radius 3 is 2.42 bits per heavy atom. The lowest BCUT2D eigenvalue weighted by Gasteiger charge is -1.93. The molecule has 1 aromatic rings. The van der Waals surface area contributed by atoms with Gasteiger partial charge in [-0.1, -0.05) is 39.9 Å². The molecule has 0 heterocycles. The van der Waals surface area contributed by atoms with E-state index in [1.165, 1.54) is 5.56 Å². The highest BCUT2D eigenvalue weighted by atomic mass is 79.9. The molecule has 2 N–H and O–H groups in total. The molecule has 0 aliphatic rings. The second-order valence-electron chi connectivity index (χ2n) is 2.34. The van der Waals surface area contributed by atoms with E-state index in [9.17, 15) is 0 Å². The molecule has 0 saturated heterocycles. The molecule has 0 aliphatic heterocycles. The van der Waals surface area contributed by atoms with Crippen molar-refractivity contribution in [3.8, 4) is 11.8 Å². The molecule has 2 heteroatoms. The van der Waals surface area contributed by atoms with Crippen LogP contribution in [0.15, 0.2) is 24.3 Å². The Labute approximate surface area is 81.1 Å². The molecular weight excluding hydrogens is 214 g/mol. The zero-order valence-electron chi connectivity index (χ0n) is 6.68. The maximum atomic E-state index is 5.25. The summed E-state index contributed by atoms with van der Waals surface area (Å²) >= 11 is 3.38. The molecule has 0 amide bonds. The lowest BCUT2D eigenvalue weighted by atomic mass is 10.2. The molecule has 0 atom stereocenters. The predicted molar refractivity (Wildman–Crippen MR) is 55.0 cm³/mol. The second-order valence-corrected chi connectivity index (χ2v) is 2.90. The van der Waals surface area contributed by atoms with Crippen LogP contribution in [0.2, 0.25) is 0 Å². The molecule has 1 nitrogen and oxygen atoms in total. The van der Waals surface area contributed by atoms with Crippen molar-refractivity contribution in [2.45, 2.75) is 5.33 Å². The molecule has 12 heavy (non-hydrogen) atoms. The first-order valence-electron chi connectivity index (χ1n) is 3.70. The fourth-order valence-corrected chi connectivity index (χ4v) is 1.20. The standard InChI is InChI=1S/C10H10BrN/c11-8-10-5-3-9(4-6-10)2-1-7-12/h3-6H,7-8,12H2. The number of nitrogens with two attached hydrogens (primary N) is 1. The van der Waals surface area contributed by atoms with Gasteiger partial charge in [0.1, 0.15) is 0 Å². The van der Waals surface area contributed by atoms with Crippen molar-refractivity contribution >= 4 is 15.9 Å². The molecule has 0 spiro atoms. The van der Waals surface area contributed by atoms with E-state index in [1.54, 1.807) is 0 Å². The summed E-state index contributed by atoms with van der Waals surface area (Å²) in [7, 11) is 0. The third kappa shape index (κ3) is 2.69. The van der Waals surface area contributed by atoms with Gasteiger partial charge in [0, 0.05) is 10.9 Å². The fraction of sp³-hybridized carbons (Fsp3) is 0.200. The van der Waals surface area contributed by atoms with Crippen LogP contribution in [0.5, 0.6) is 0 Å². The van der Waals surface area contributed by atoms with Crippen LogP contribution in [0.3, 0.4) is 0 Å². The summed E-state index contributed by atoms with van der Waals surface area (Å²) in [5, 5.41) is 0.887. The minimum atomic E-state index is 0.417. The molecule has 0 aliphatic carbocycles. The summed E-state index contributed by atoms with van der Waals surface area (Å²) < 4.78 is 0. The van der Waals surface area contributed by atoms with Crippen LogP contribution in [0.1, 0.15) is 11.1 Å². The Morgan fingerprint density at radius 2 is 1.92 bits per heavy atom. The Morgan fingerprint density at radius 1 is 1.25 bits per heavy atom. The van der Waals surface area contributed by atoms with Crippen molar-refractivity contribution in [3.05, 3.63) is 35.4 Å². The number of hydrogen-bond donors (Lipinski definition) is 1. The molecule has 0 fully saturated rings. The zero-order chi connectivity index (χ0) is 8.81. The Kier molecular flexibility index (Phi) is 3.86. The van der Waals surface area contributed by atoms with Crippen LogP contribution in [-0.2, 0) is 5.33 Å². The lowest BCUT2D eigenvalue weighted by molar-refractivity contribution is 1.30. The van der Waals surface area contributed by atoms with Crippen LogP contribution >= 0.6 is 15.9 Å². The summed E-state index contributed by atoms with van der Waals surface area (Å²) in [5.74, 6) is 5.77. The van der Waals surface area contributed by atoms with Crippen LogP contribution < -0.4 is 5.73 Å². The predicted octanol–water partition coefficient (Wildman–Crippen LogP) is 1.89. The van der Waals surface area contributed by atoms with E-state index >= 15 is 0 Å². The molecule has 1 rings (SSSR count). The summed E-state index contributed by atoms with van der Waals surface area (Å²) in [6, 6.07) is 8.10. The van der Waals surface area contributed by atoms with Gasteiger partial charge in [-0.2, -0.15) is 0 Å². The smallest absolute Gasteiger partial charge is 0.0555 e. The van der Waals surface area contributed by atoms with Crippen molar-refractivity contribution in [1.82, 2.24) is 0 Å². The van der Waals surface area contributed by atoms with Gasteiger partial charge in [-0.15, -0.1) is 0 Å². The van der Waals surface area contributed by atoms with Crippen molar-refractivity contribution < 1.29 is 0 Å². The van der Waals surface area contributed by atoms with E-state index in [-0.39, 0.29) is 0 Å². The third-order valence-electron chi connectivity index (χ3n) is 1.44. The first kappa shape index (κ1) is 9.31. The van der Waals surface area contributed by atoms with Crippen molar-refractivity contribution in [3.63, 3.8) is 0 Å². The zero-order valence-corrected chi connectivity index (χ0v) is 8.26. The number of alkyl halides is 1. The molecular formula is C10H10BrN. The fourth-order valence-electron chi connectivity index (χ4n) is 0.830. The largest absolute Gasteiger partial charge is 0.320 e. The van der Waals surface area contributed by atoms with Gasteiger partial charge in [-0.3, -0.25) is 0 Å². The van der Waals surface area contributed by atoms with Gasteiger partial charge in [0.25, 0.3) is 0 Å². The van der Waals surface area contributed by atoms with Crippen molar-refractivity contribution in [2.24, 2.45) is 5.73 Å². The first-order chi connectivity index (χ1) is 5.86. The van der Waals surface area contributed by atoms with Crippen molar-refractivity contribution in [2.75, 3.05) is 6.54 Å². The van der Waals surface area contributed by atoms with E-state index < -0.39 is 0 Å². The van der Waals surface area contributed by atoms with Crippen LogP contribution in [0.25, 0.3) is 0 Å². The van der Waals surface area contributed by atoms with Gasteiger partial charge in [0.15, 0.2) is 0 Å². The van der Waals surface area contributed by atoms with Crippen molar-refractivity contribution in [1.29, 1.82) is 0 Å². The average molecular weight is 224 g/mol. The first-order valence-corrected chi connectivity index (χ1v) is 4.83. The van der Waals surface area contributed by atoms with Gasteiger partial charge in [-0.05, 0) is 17.7 Å². The Hall–Kier alpha value is -0.780. The molecule has 0 bridgehead atoms. The maximum Gasteiger partial charge on any atom is 0.0555 e. The topological polar surface area (TPSA) is 26.0 Å². The minimum Gasteiger partial charge on any atom is -0.320 e. The summed E-state index contributed by atoms with van der Waals surface area (Å²) in [5.41, 5.74) is 7.53. The normalized spacial score (nSPS) is 8.83. The molecule has 1 aromatic carbocycles. The molecule has 62 valence electrons. The lowest BCUT2D eigenvalue weighted by Crippen LogP contribution is -1.92. The van der Waals surface area contributed by atoms with Gasteiger partial charge < -0.3 is 5.73 Å². The van der Waals surface area contributed by atoms with E-state index in [0.29, 0.717) is 6.54 Å². The highest BCUT2D eigenvalue weighted by Gasteiger charge is 1.88. The number of rotatable bonds is 1. The van der Waals surface area contributed by atoms with Gasteiger partial charge in [0.05, 0.1) is 6.54 Å². The van der Waals surface area contributed by atoms with E-state index in [1.807, 2.05) is 12.1 Å². The SMILES string of the molecule is NCC#Cc1ccc(CBr)cc1. The maximum absolute atomic E-state index is 5.25. The van der Waals surface area contributed by atoms with Crippen LogP contribution in [-0.4, -0.2) is 6.54 Å². The molecule has 0 saturated carbocycles. The molecule has 0 radical (unpaired) electrons. The Balaban J connectivity index is 2.78. The van der Waals surface area contributed by atoms with Crippen LogP contribution in [0.4, 0.5) is 0 Å². The molecule has 0 unspecified atom stereocenters. The van der Waals surface area contributed by atoms with Gasteiger partial charge in [-0.25, -0.2) is 0 Å². The summed E-state index contributed by atoms with van der Waals surface area (Å²) in [4.78, 5) is 0. The Bertz CT molecular complexity index is 292. The van der Waals surface area contributed by atoms with E-state index in [2.05, 4.69) is 39.9 Å². The summed E-state index contributed by atoms with van der Waals surface area (Å²) in [6.07, 6.45) is 0. The monoisotopic (exact) mass is 223 g/mol. The van der Waals surface area contributed by atoms with E-state index in [4.69, 9.17) is 5.73 Å². The minimum absolute atomic E-state index is 0.417. The van der Waals surface area contributed by atoms with Gasteiger partial charge in [0.2, 0.25) is 0 Å². The molecule has 0 aromatic heterocycles. The van der Waals surface area contributed by atoms with E-state index in [0.717, 1.165) is 10.9 Å². The summed E-state index contributed by atoms with van der Waals surface area (Å²) in [6.45, 7) is 0.417. The highest BCUT2D eigenvalue weighted by molar-refractivity contribution is 9.08. The van der Waals surface area contributed by atoms with Crippen LogP contribution in [0, 0.1) is 11.8 Å². The quantitative estimate of drug-likeness (QED) is 0.572. The third-order valence-corrected chi connectivity index (χ3v) is 2.09. The highest BCUT2D eigenvalue weighted by Crippen LogP contribution is 2.06. The average Bonchev–Trinajstić information content (AvgIpc) is 2.15. The number of hydrogen-bond acceptors (Lipinski definition) is 1.